The molecule has 0 aliphatic heterocycles. The van der Waals surface area contributed by atoms with Crippen LogP contribution in [0.15, 0.2) is 12.1 Å². The maximum Gasteiger partial charge on any atom is 0.271 e. The molecule has 1 aromatic heterocycles. The molecule has 2 N–H and O–H groups in total. The Kier molecular flexibility index (Phi) is 5.23. The molecule has 0 saturated carbocycles. The Bertz CT molecular complexity index is 414. The van der Waals surface area contributed by atoms with Gasteiger partial charge in [-0.05, 0) is 31.6 Å². The summed E-state index contributed by atoms with van der Waals surface area (Å²) >= 11 is 0. The van der Waals surface area contributed by atoms with E-state index in [0.29, 0.717) is 11.5 Å². The zero-order chi connectivity index (χ0) is 14.5. The van der Waals surface area contributed by atoms with Gasteiger partial charge in [0.15, 0.2) is 5.69 Å². The molecule has 1 rings (SSSR count). The van der Waals surface area contributed by atoms with Crippen molar-refractivity contribution in [3.63, 3.8) is 0 Å². The number of nitrogens with one attached hydrogen (secondary N) is 2. The molecule has 6 heteroatoms. The second-order valence-electron chi connectivity index (χ2n) is 5.64. The van der Waals surface area contributed by atoms with Gasteiger partial charge >= 0.3 is 0 Å². The van der Waals surface area contributed by atoms with E-state index in [2.05, 4.69) is 53.7 Å². The van der Waals surface area contributed by atoms with Crippen molar-refractivity contribution in [2.75, 3.05) is 39.5 Å². The number of anilines is 1. The van der Waals surface area contributed by atoms with Crippen LogP contribution < -0.4 is 10.6 Å². The third kappa shape index (κ3) is 5.21. The number of aromatic nitrogens is 2. The Balaban J connectivity index is 2.57. The third-order valence-corrected chi connectivity index (χ3v) is 2.62. The van der Waals surface area contributed by atoms with Crippen LogP contribution in [0.25, 0.3) is 0 Å². The molecular weight excluding hydrogens is 242 g/mol. The summed E-state index contributed by atoms with van der Waals surface area (Å²) in [6.45, 7) is 6.14. The first-order valence-corrected chi connectivity index (χ1v) is 6.28. The highest BCUT2D eigenvalue weighted by Gasteiger charge is 2.18. The van der Waals surface area contributed by atoms with Crippen LogP contribution in [0.3, 0.4) is 0 Å². The van der Waals surface area contributed by atoms with E-state index in [1.54, 1.807) is 19.2 Å². The molecule has 0 atom stereocenters. The Morgan fingerprint density at radius 2 is 2.00 bits per heavy atom. The summed E-state index contributed by atoms with van der Waals surface area (Å²) in [6, 6.07) is 3.43. The summed E-state index contributed by atoms with van der Waals surface area (Å²) in [4.78, 5) is 13.5. The van der Waals surface area contributed by atoms with Gasteiger partial charge in [-0.1, -0.05) is 13.8 Å². The van der Waals surface area contributed by atoms with Gasteiger partial charge < -0.3 is 15.5 Å². The molecule has 1 amide bonds. The number of carbonyl (C=O) groups is 1. The molecule has 1 heterocycles. The van der Waals surface area contributed by atoms with E-state index in [0.717, 1.165) is 13.1 Å². The van der Waals surface area contributed by atoms with E-state index in [-0.39, 0.29) is 11.3 Å². The van der Waals surface area contributed by atoms with Crippen LogP contribution in [0.1, 0.15) is 24.3 Å². The van der Waals surface area contributed by atoms with Gasteiger partial charge in [0, 0.05) is 20.1 Å². The monoisotopic (exact) mass is 265 g/mol. The van der Waals surface area contributed by atoms with Crippen molar-refractivity contribution >= 4 is 11.7 Å². The summed E-state index contributed by atoms with van der Waals surface area (Å²) < 4.78 is 0. The van der Waals surface area contributed by atoms with Crippen molar-refractivity contribution in [1.82, 2.24) is 20.4 Å². The SMILES string of the molecule is CNC(=O)c1ccc(NCC(C)(C)CN(C)C)nn1. The minimum atomic E-state index is -0.230. The van der Waals surface area contributed by atoms with E-state index in [4.69, 9.17) is 0 Å². The maximum atomic E-state index is 11.3. The molecule has 0 aromatic carbocycles. The van der Waals surface area contributed by atoms with Gasteiger partial charge in [-0.25, -0.2) is 0 Å². The Hall–Kier alpha value is -1.69. The molecule has 0 aliphatic rings. The molecule has 0 saturated heterocycles. The van der Waals surface area contributed by atoms with Crippen LogP contribution >= 0.6 is 0 Å². The van der Waals surface area contributed by atoms with E-state index >= 15 is 0 Å². The molecule has 0 unspecified atom stereocenters. The van der Waals surface area contributed by atoms with Crippen molar-refractivity contribution in [1.29, 1.82) is 0 Å². The summed E-state index contributed by atoms with van der Waals surface area (Å²) in [5.74, 6) is 0.450. The highest BCUT2D eigenvalue weighted by atomic mass is 16.1. The van der Waals surface area contributed by atoms with Crippen molar-refractivity contribution in [3.8, 4) is 0 Å². The molecule has 1 aromatic rings. The molecule has 0 radical (unpaired) electrons. The fourth-order valence-corrected chi connectivity index (χ4v) is 1.92. The lowest BCUT2D eigenvalue weighted by Gasteiger charge is -2.28. The number of hydrogen-bond acceptors (Lipinski definition) is 5. The highest BCUT2D eigenvalue weighted by molar-refractivity contribution is 5.91. The van der Waals surface area contributed by atoms with Crippen LogP contribution in [0.5, 0.6) is 0 Å². The topological polar surface area (TPSA) is 70.2 Å². The molecular formula is C13H23N5O. The second-order valence-corrected chi connectivity index (χ2v) is 5.64. The maximum absolute atomic E-state index is 11.3. The number of amides is 1. The van der Waals surface area contributed by atoms with Crippen LogP contribution in [0.2, 0.25) is 0 Å². The van der Waals surface area contributed by atoms with Gasteiger partial charge in [-0.15, -0.1) is 10.2 Å². The Morgan fingerprint density at radius 3 is 2.47 bits per heavy atom. The predicted octanol–water partition coefficient (Wildman–Crippen LogP) is 0.836. The molecule has 0 spiro atoms. The van der Waals surface area contributed by atoms with Crippen LogP contribution in [-0.2, 0) is 0 Å². The first kappa shape index (κ1) is 15.4. The van der Waals surface area contributed by atoms with E-state index in [1.165, 1.54) is 0 Å². The van der Waals surface area contributed by atoms with Crippen LogP contribution in [-0.4, -0.2) is 55.2 Å². The van der Waals surface area contributed by atoms with E-state index < -0.39 is 0 Å². The van der Waals surface area contributed by atoms with Crippen molar-refractivity contribution in [2.45, 2.75) is 13.8 Å². The normalized spacial score (nSPS) is 11.5. The minimum absolute atomic E-state index is 0.130. The smallest absolute Gasteiger partial charge is 0.271 e. The van der Waals surface area contributed by atoms with Gasteiger partial charge in [0.2, 0.25) is 0 Å². The third-order valence-electron chi connectivity index (χ3n) is 2.62. The molecule has 19 heavy (non-hydrogen) atoms. The Morgan fingerprint density at radius 1 is 1.32 bits per heavy atom. The fourth-order valence-electron chi connectivity index (χ4n) is 1.92. The first-order chi connectivity index (χ1) is 8.84. The number of rotatable bonds is 6. The lowest BCUT2D eigenvalue weighted by molar-refractivity contribution is 0.0957. The molecule has 106 valence electrons. The summed E-state index contributed by atoms with van der Waals surface area (Å²) in [6.07, 6.45) is 0. The Labute approximate surface area is 114 Å². The number of nitrogens with zero attached hydrogens (tertiary/aromatic N) is 3. The standard InChI is InChI=1S/C13H23N5O/c1-13(2,9-18(4)5)8-15-11-7-6-10(16-17-11)12(19)14-3/h6-7H,8-9H2,1-5H3,(H,14,19)(H,15,17). The zero-order valence-electron chi connectivity index (χ0n) is 12.3. The van der Waals surface area contributed by atoms with Gasteiger partial charge in [-0.2, -0.15) is 0 Å². The largest absolute Gasteiger partial charge is 0.368 e. The summed E-state index contributed by atoms with van der Waals surface area (Å²) in [7, 11) is 5.68. The van der Waals surface area contributed by atoms with Crippen LogP contribution in [0.4, 0.5) is 5.82 Å². The lowest BCUT2D eigenvalue weighted by Crippen LogP contribution is -2.34. The highest BCUT2D eigenvalue weighted by Crippen LogP contribution is 2.16. The molecule has 0 aliphatic carbocycles. The number of carbonyl (C=O) groups excluding carboxylic acids is 1. The summed E-state index contributed by atoms with van der Waals surface area (Å²) in [5.41, 5.74) is 0.450. The lowest BCUT2D eigenvalue weighted by atomic mass is 9.93. The van der Waals surface area contributed by atoms with Crippen LogP contribution in [0, 0.1) is 5.41 Å². The first-order valence-electron chi connectivity index (χ1n) is 6.28. The molecule has 0 fully saturated rings. The van der Waals surface area contributed by atoms with E-state index in [9.17, 15) is 4.79 Å². The van der Waals surface area contributed by atoms with Crippen molar-refractivity contribution < 1.29 is 4.79 Å². The predicted molar refractivity (Wildman–Crippen MR) is 76.2 cm³/mol. The quantitative estimate of drug-likeness (QED) is 0.797. The van der Waals surface area contributed by atoms with E-state index in [1.807, 2.05) is 0 Å². The fraction of sp³-hybridized carbons (Fsp3) is 0.615. The van der Waals surface area contributed by atoms with Crippen molar-refractivity contribution in [2.24, 2.45) is 5.41 Å². The van der Waals surface area contributed by atoms with Crippen molar-refractivity contribution in [3.05, 3.63) is 17.8 Å². The molecule has 0 bridgehead atoms. The van der Waals surface area contributed by atoms with Gasteiger partial charge in [0.1, 0.15) is 5.82 Å². The van der Waals surface area contributed by atoms with Gasteiger partial charge in [-0.3, -0.25) is 4.79 Å². The second kappa shape index (κ2) is 6.47. The average molecular weight is 265 g/mol. The number of hydrogen-bond donors (Lipinski definition) is 2. The van der Waals surface area contributed by atoms with Gasteiger partial charge in [0.25, 0.3) is 5.91 Å². The van der Waals surface area contributed by atoms with Gasteiger partial charge in [0.05, 0.1) is 0 Å². The summed E-state index contributed by atoms with van der Waals surface area (Å²) in [5, 5.41) is 13.6. The zero-order valence-corrected chi connectivity index (χ0v) is 12.3. The minimum Gasteiger partial charge on any atom is -0.368 e. The average Bonchev–Trinajstić information content (AvgIpc) is 2.34. The molecule has 6 nitrogen and oxygen atoms in total.